The molecule has 11 heteroatoms. The summed E-state index contributed by atoms with van der Waals surface area (Å²) >= 11 is 6.19. The van der Waals surface area contributed by atoms with E-state index in [1.165, 1.54) is 11.3 Å². The first kappa shape index (κ1) is 30.0. The van der Waals surface area contributed by atoms with Crippen molar-refractivity contribution < 1.29 is 19.4 Å². The van der Waals surface area contributed by atoms with Crippen molar-refractivity contribution in [3.63, 3.8) is 0 Å². The van der Waals surface area contributed by atoms with Crippen LogP contribution in [0.2, 0.25) is 0 Å². The van der Waals surface area contributed by atoms with E-state index >= 15 is 0 Å². The van der Waals surface area contributed by atoms with Crippen molar-refractivity contribution >= 4 is 54.5 Å². The number of carbonyl (C=O) groups is 1. The van der Waals surface area contributed by atoms with Gasteiger partial charge in [-0.1, -0.05) is 40.2 Å². The third kappa shape index (κ3) is 9.96. The first-order valence-electron chi connectivity index (χ1n) is 11.0. The van der Waals surface area contributed by atoms with Crippen LogP contribution in [0.3, 0.4) is 0 Å². The maximum absolute atomic E-state index is 11.2. The number of thiazole rings is 2. The Morgan fingerprint density at radius 1 is 1.08 bits per heavy atom. The lowest BCUT2D eigenvalue weighted by Gasteiger charge is -2.00. The standard InChI is InChI=1S/C12H10N2OS.C9H9BrO2.C3H4N2S.C2H6O/c1-15-10-4-2-3-9(7-10)11-8-14-5-6-16-12(14)13-11;1-12-8-4-2-3-7(5-8)9(11)6-10;4-3-5-1-2-6-3;1-2-3/h2-8H,1H3;2-5H,6H2,1H3;1-2H,(H2,4,5);3H,2H2,1H3. The summed E-state index contributed by atoms with van der Waals surface area (Å²) in [4.78, 5) is 20.4. The Morgan fingerprint density at radius 2 is 1.76 bits per heavy atom. The molecule has 2 aromatic carbocycles. The Labute approximate surface area is 232 Å². The highest BCUT2D eigenvalue weighted by Crippen LogP contribution is 2.24. The number of nitrogen functional groups attached to an aromatic ring is 1. The SMILES string of the molecule is CCO.COc1cccc(-c2cn3ccsc3n2)c1.COc1cccc(C(=O)CBr)c1.Nc1nccs1. The minimum atomic E-state index is 0.0638. The molecule has 0 unspecified atom stereocenters. The van der Waals surface area contributed by atoms with Crippen molar-refractivity contribution in [1.82, 2.24) is 14.4 Å². The molecule has 3 N–H and O–H groups in total. The number of aliphatic hydroxyl groups excluding tert-OH is 1. The summed E-state index contributed by atoms with van der Waals surface area (Å²) in [5.74, 6) is 1.63. The molecular formula is C26H29BrN4O4S2. The van der Waals surface area contributed by atoms with Crippen LogP contribution in [-0.4, -0.2) is 51.4 Å². The van der Waals surface area contributed by atoms with Crippen molar-refractivity contribution in [2.75, 3.05) is 31.9 Å². The lowest BCUT2D eigenvalue weighted by Crippen LogP contribution is -1.99. The number of nitrogens with two attached hydrogens (primary N) is 1. The number of benzene rings is 2. The number of ketones is 1. The first-order valence-corrected chi connectivity index (χ1v) is 13.9. The van der Waals surface area contributed by atoms with Gasteiger partial charge in [0.05, 0.1) is 25.2 Å². The molecular weight excluding hydrogens is 576 g/mol. The van der Waals surface area contributed by atoms with Crippen molar-refractivity contribution in [2.45, 2.75) is 6.92 Å². The van der Waals surface area contributed by atoms with Crippen molar-refractivity contribution in [1.29, 1.82) is 0 Å². The van der Waals surface area contributed by atoms with Gasteiger partial charge < -0.3 is 20.3 Å². The average molecular weight is 606 g/mol. The molecule has 0 saturated carbocycles. The van der Waals surface area contributed by atoms with Gasteiger partial charge in [-0.05, 0) is 31.2 Å². The number of aliphatic hydroxyl groups is 1. The van der Waals surface area contributed by atoms with Gasteiger partial charge in [0.25, 0.3) is 0 Å². The topological polar surface area (TPSA) is 112 Å². The average Bonchev–Trinajstić information content (AvgIpc) is 3.68. The predicted molar refractivity (Wildman–Crippen MR) is 155 cm³/mol. The molecule has 0 aliphatic heterocycles. The number of aromatic nitrogens is 3. The van der Waals surface area contributed by atoms with Crippen LogP contribution < -0.4 is 15.2 Å². The van der Waals surface area contributed by atoms with Crippen LogP contribution in [0.25, 0.3) is 16.2 Å². The van der Waals surface area contributed by atoms with Gasteiger partial charge in [0.2, 0.25) is 0 Å². The van der Waals surface area contributed by atoms with E-state index in [0.717, 1.165) is 22.0 Å². The van der Waals surface area contributed by atoms with Crippen LogP contribution in [0.15, 0.2) is 77.9 Å². The molecule has 0 atom stereocenters. The third-order valence-electron chi connectivity index (χ3n) is 4.42. The predicted octanol–water partition coefficient (Wildman–Crippen LogP) is 6.07. The zero-order valence-corrected chi connectivity index (χ0v) is 23.9. The summed E-state index contributed by atoms with van der Waals surface area (Å²) in [6.07, 6.45) is 5.72. The molecule has 0 aliphatic rings. The molecule has 0 saturated heterocycles. The smallest absolute Gasteiger partial charge is 0.194 e. The number of fused-ring (bicyclic) bond motifs is 1. The van der Waals surface area contributed by atoms with E-state index < -0.39 is 0 Å². The van der Waals surface area contributed by atoms with Gasteiger partial charge in [-0.2, -0.15) is 0 Å². The van der Waals surface area contributed by atoms with Crippen LogP contribution in [0.5, 0.6) is 11.5 Å². The summed E-state index contributed by atoms with van der Waals surface area (Å²) in [7, 11) is 3.25. The fourth-order valence-electron chi connectivity index (χ4n) is 2.76. The van der Waals surface area contributed by atoms with Crippen LogP contribution in [-0.2, 0) is 0 Å². The molecule has 0 radical (unpaired) electrons. The van der Waals surface area contributed by atoms with E-state index in [-0.39, 0.29) is 12.4 Å². The molecule has 0 aliphatic carbocycles. The number of halogens is 1. The van der Waals surface area contributed by atoms with Crippen molar-refractivity contribution in [2.24, 2.45) is 0 Å². The van der Waals surface area contributed by atoms with E-state index in [9.17, 15) is 4.79 Å². The number of ether oxygens (including phenoxy) is 2. The van der Waals surface area contributed by atoms with Crippen LogP contribution in [0.1, 0.15) is 17.3 Å². The number of alkyl halides is 1. The maximum atomic E-state index is 11.2. The molecule has 0 spiro atoms. The Hall–Kier alpha value is -3.25. The Kier molecular flexibility index (Phi) is 13.4. The number of imidazole rings is 1. The molecule has 8 nitrogen and oxygen atoms in total. The normalized spacial score (nSPS) is 9.65. The fraction of sp³-hybridized carbons (Fsp3) is 0.192. The maximum Gasteiger partial charge on any atom is 0.194 e. The van der Waals surface area contributed by atoms with E-state index in [1.807, 2.05) is 57.9 Å². The van der Waals surface area contributed by atoms with Gasteiger partial charge in [-0.15, -0.1) is 22.7 Å². The van der Waals surface area contributed by atoms with Crippen molar-refractivity contribution in [3.05, 3.63) is 83.4 Å². The molecule has 0 fully saturated rings. The minimum absolute atomic E-state index is 0.0638. The fourth-order valence-corrected chi connectivity index (χ4v) is 4.16. The number of rotatable bonds is 5. The zero-order chi connectivity index (χ0) is 27.0. The molecule has 0 bridgehead atoms. The second-order valence-electron chi connectivity index (χ2n) is 6.93. The monoisotopic (exact) mass is 604 g/mol. The number of carbonyl (C=O) groups excluding carboxylic acids is 1. The van der Waals surface area contributed by atoms with Crippen molar-refractivity contribution in [3.8, 4) is 22.8 Å². The van der Waals surface area contributed by atoms with Crippen LogP contribution >= 0.6 is 38.6 Å². The number of hydrogen-bond acceptors (Lipinski definition) is 9. The van der Waals surface area contributed by atoms with Gasteiger partial charge in [-0.3, -0.25) is 9.20 Å². The molecule has 3 aromatic heterocycles. The highest BCUT2D eigenvalue weighted by molar-refractivity contribution is 9.09. The van der Waals surface area contributed by atoms with E-state index in [4.69, 9.17) is 20.3 Å². The summed E-state index contributed by atoms with van der Waals surface area (Å²) in [5.41, 5.74) is 7.91. The largest absolute Gasteiger partial charge is 0.497 e. The second kappa shape index (κ2) is 16.5. The lowest BCUT2D eigenvalue weighted by molar-refractivity contribution is 0.102. The molecule has 0 amide bonds. The van der Waals surface area contributed by atoms with Crippen LogP contribution in [0.4, 0.5) is 5.13 Å². The van der Waals surface area contributed by atoms with Gasteiger partial charge in [0.1, 0.15) is 11.5 Å². The zero-order valence-electron chi connectivity index (χ0n) is 20.7. The molecule has 3 heterocycles. The second-order valence-corrected chi connectivity index (χ2v) is 9.29. The lowest BCUT2D eigenvalue weighted by atomic mass is 10.1. The minimum Gasteiger partial charge on any atom is -0.497 e. The number of methoxy groups -OCH3 is 2. The number of anilines is 1. The Balaban J connectivity index is 0.000000201. The summed E-state index contributed by atoms with van der Waals surface area (Å²) < 4.78 is 12.2. The Morgan fingerprint density at radius 3 is 2.30 bits per heavy atom. The van der Waals surface area contributed by atoms with Gasteiger partial charge in [0, 0.05) is 47.1 Å². The number of nitrogens with zero attached hydrogens (tertiary/aromatic N) is 3. The summed E-state index contributed by atoms with van der Waals surface area (Å²) in [6.45, 7) is 1.93. The van der Waals surface area contributed by atoms with Gasteiger partial charge in [0.15, 0.2) is 15.9 Å². The van der Waals surface area contributed by atoms with Crippen LogP contribution in [0, 0.1) is 0 Å². The van der Waals surface area contributed by atoms with Gasteiger partial charge in [-0.25, -0.2) is 9.97 Å². The highest BCUT2D eigenvalue weighted by atomic mass is 79.9. The molecule has 5 rings (SSSR count). The molecule has 37 heavy (non-hydrogen) atoms. The van der Waals surface area contributed by atoms with E-state index in [1.54, 1.807) is 56.9 Å². The summed E-state index contributed by atoms with van der Waals surface area (Å²) in [5, 5.41) is 12.4. The number of hydrogen-bond donors (Lipinski definition) is 2. The summed E-state index contributed by atoms with van der Waals surface area (Å²) in [6, 6.07) is 15.0. The third-order valence-corrected chi connectivity index (χ3v) is 6.31. The number of Topliss-reactive ketones (excluding diaryl/α,β-unsaturated/α-hetero) is 1. The Bertz CT molecular complexity index is 1310. The highest BCUT2D eigenvalue weighted by Gasteiger charge is 2.06. The molecule has 196 valence electrons. The quantitative estimate of drug-likeness (QED) is 0.185. The van der Waals surface area contributed by atoms with E-state index in [2.05, 4.69) is 25.9 Å². The van der Waals surface area contributed by atoms with E-state index in [0.29, 0.717) is 21.8 Å². The first-order chi connectivity index (χ1) is 17.9. The van der Waals surface area contributed by atoms with Gasteiger partial charge >= 0.3 is 0 Å². The molecule has 5 aromatic rings.